The van der Waals surface area contributed by atoms with Crippen LogP contribution < -0.4 is 0 Å². The van der Waals surface area contributed by atoms with Crippen molar-refractivity contribution in [2.75, 3.05) is 0 Å². The molecule has 0 fully saturated rings. The van der Waals surface area contributed by atoms with E-state index in [4.69, 9.17) is 0 Å². The molecule has 2 heteroatoms. The molecule has 2 rings (SSSR count). The van der Waals surface area contributed by atoms with Gasteiger partial charge in [0.2, 0.25) is 0 Å². The summed E-state index contributed by atoms with van der Waals surface area (Å²) in [6, 6.07) is 18.4. The number of aliphatic hydroxyl groups is 2. The van der Waals surface area contributed by atoms with E-state index in [9.17, 15) is 10.2 Å². The summed E-state index contributed by atoms with van der Waals surface area (Å²) in [7, 11) is 0. The molecule has 2 N–H and O–H groups in total. The molecular formula is C15H16O2. The Morgan fingerprint density at radius 2 is 1.35 bits per heavy atom. The van der Waals surface area contributed by atoms with Crippen LogP contribution in [0.3, 0.4) is 0 Å². The van der Waals surface area contributed by atoms with Crippen molar-refractivity contribution in [3.05, 3.63) is 71.8 Å². The van der Waals surface area contributed by atoms with Crippen LogP contribution in [0.4, 0.5) is 0 Å². The fraction of sp³-hybridized carbons (Fsp3) is 0.200. The Hall–Kier alpha value is -1.64. The lowest BCUT2D eigenvalue weighted by molar-refractivity contribution is -0.0690. The number of benzene rings is 2. The topological polar surface area (TPSA) is 40.5 Å². The van der Waals surface area contributed by atoms with Crippen molar-refractivity contribution in [2.45, 2.75) is 18.6 Å². The van der Waals surface area contributed by atoms with Gasteiger partial charge in [-0.1, -0.05) is 60.7 Å². The molecule has 0 heterocycles. The van der Waals surface area contributed by atoms with Crippen molar-refractivity contribution < 1.29 is 10.2 Å². The zero-order valence-corrected chi connectivity index (χ0v) is 9.75. The Kier molecular flexibility index (Phi) is 3.27. The van der Waals surface area contributed by atoms with Crippen molar-refractivity contribution in [1.29, 1.82) is 0 Å². The number of hydrogen-bond acceptors (Lipinski definition) is 2. The Morgan fingerprint density at radius 1 is 0.882 bits per heavy atom. The van der Waals surface area contributed by atoms with Crippen LogP contribution in [0.1, 0.15) is 24.2 Å². The van der Waals surface area contributed by atoms with E-state index < -0.39 is 11.7 Å². The molecule has 0 saturated heterocycles. The zero-order chi connectivity index (χ0) is 12.3. The SMILES string of the molecule is C[C@@](O)(c1ccccc1)[C@@H](O)c1ccccc1. The smallest absolute Gasteiger partial charge is 0.117 e. The molecule has 0 amide bonds. The van der Waals surface area contributed by atoms with Crippen molar-refractivity contribution in [1.82, 2.24) is 0 Å². The van der Waals surface area contributed by atoms with Crippen molar-refractivity contribution in [3.63, 3.8) is 0 Å². The van der Waals surface area contributed by atoms with E-state index in [0.29, 0.717) is 11.1 Å². The minimum absolute atomic E-state index is 0.705. The third-order valence-electron chi connectivity index (χ3n) is 3.01. The van der Waals surface area contributed by atoms with Crippen LogP contribution in [-0.4, -0.2) is 10.2 Å². The average Bonchev–Trinajstić information content (AvgIpc) is 2.40. The molecule has 0 saturated carbocycles. The van der Waals surface area contributed by atoms with E-state index in [1.807, 2.05) is 60.7 Å². The van der Waals surface area contributed by atoms with E-state index >= 15 is 0 Å². The molecule has 17 heavy (non-hydrogen) atoms. The highest BCUT2D eigenvalue weighted by Gasteiger charge is 2.33. The summed E-state index contributed by atoms with van der Waals surface area (Å²) in [6.07, 6.45) is -0.939. The van der Waals surface area contributed by atoms with E-state index in [1.165, 1.54) is 0 Å². The summed E-state index contributed by atoms with van der Waals surface area (Å²) in [5.74, 6) is 0. The van der Waals surface area contributed by atoms with Gasteiger partial charge in [0.1, 0.15) is 11.7 Å². The maximum Gasteiger partial charge on any atom is 0.117 e. The van der Waals surface area contributed by atoms with Gasteiger partial charge in [-0.3, -0.25) is 0 Å². The van der Waals surface area contributed by atoms with E-state index in [2.05, 4.69) is 0 Å². The number of hydrogen-bond donors (Lipinski definition) is 2. The predicted molar refractivity (Wildman–Crippen MR) is 67.4 cm³/mol. The number of rotatable bonds is 3. The van der Waals surface area contributed by atoms with Crippen LogP contribution in [0.15, 0.2) is 60.7 Å². The molecule has 2 nitrogen and oxygen atoms in total. The van der Waals surface area contributed by atoms with E-state index in [1.54, 1.807) is 6.92 Å². The van der Waals surface area contributed by atoms with Gasteiger partial charge in [-0.05, 0) is 18.1 Å². The summed E-state index contributed by atoms with van der Waals surface area (Å²) in [6.45, 7) is 1.62. The van der Waals surface area contributed by atoms with Crippen LogP contribution in [0, 0.1) is 0 Å². The maximum absolute atomic E-state index is 10.5. The highest BCUT2D eigenvalue weighted by atomic mass is 16.3. The molecule has 0 unspecified atom stereocenters. The summed E-state index contributed by atoms with van der Waals surface area (Å²) in [4.78, 5) is 0. The zero-order valence-electron chi connectivity index (χ0n) is 9.75. The Bertz CT molecular complexity index is 463. The molecule has 2 aromatic carbocycles. The molecule has 0 bridgehead atoms. The summed E-state index contributed by atoms with van der Waals surface area (Å²) in [5, 5.41) is 20.7. The first-order valence-electron chi connectivity index (χ1n) is 5.63. The van der Waals surface area contributed by atoms with Crippen molar-refractivity contribution in [2.24, 2.45) is 0 Å². The van der Waals surface area contributed by atoms with Crippen LogP contribution in [0.5, 0.6) is 0 Å². The first-order valence-corrected chi connectivity index (χ1v) is 5.63. The van der Waals surface area contributed by atoms with Gasteiger partial charge in [0.15, 0.2) is 0 Å². The van der Waals surface area contributed by atoms with Gasteiger partial charge < -0.3 is 10.2 Å². The van der Waals surface area contributed by atoms with Crippen LogP contribution in [0.2, 0.25) is 0 Å². The lowest BCUT2D eigenvalue weighted by atomic mass is 9.86. The highest BCUT2D eigenvalue weighted by molar-refractivity contribution is 5.28. The second-order valence-electron chi connectivity index (χ2n) is 4.33. The monoisotopic (exact) mass is 228 g/mol. The second kappa shape index (κ2) is 4.70. The van der Waals surface area contributed by atoms with Gasteiger partial charge in [0.25, 0.3) is 0 Å². The summed E-state index contributed by atoms with van der Waals surface area (Å²) < 4.78 is 0. The molecule has 0 radical (unpaired) electrons. The van der Waals surface area contributed by atoms with Crippen LogP contribution in [0.25, 0.3) is 0 Å². The molecule has 0 spiro atoms. The predicted octanol–water partition coefficient (Wildman–Crippen LogP) is 2.63. The lowest BCUT2D eigenvalue weighted by Gasteiger charge is -2.29. The molecule has 2 aromatic rings. The van der Waals surface area contributed by atoms with Gasteiger partial charge in [-0.2, -0.15) is 0 Å². The van der Waals surface area contributed by atoms with Crippen molar-refractivity contribution >= 4 is 0 Å². The summed E-state index contributed by atoms with van der Waals surface area (Å²) >= 11 is 0. The van der Waals surface area contributed by atoms with Crippen LogP contribution in [-0.2, 0) is 5.60 Å². The van der Waals surface area contributed by atoms with Gasteiger partial charge in [0, 0.05) is 0 Å². The molecule has 0 aromatic heterocycles. The molecule has 2 atom stereocenters. The van der Waals surface area contributed by atoms with Crippen LogP contribution >= 0.6 is 0 Å². The second-order valence-corrected chi connectivity index (χ2v) is 4.33. The Balaban J connectivity index is 2.33. The standard InChI is InChI=1S/C15H16O2/c1-15(17,13-10-6-3-7-11-13)14(16)12-8-4-2-5-9-12/h2-11,14,16-17H,1H3/t14-,15+/m0/s1. The van der Waals surface area contributed by atoms with Crippen molar-refractivity contribution in [3.8, 4) is 0 Å². The van der Waals surface area contributed by atoms with E-state index in [-0.39, 0.29) is 0 Å². The number of aliphatic hydroxyl groups excluding tert-OH is 1. The minimum atomic E-state index is -1.29. The first kappa shape index (κ1) is 11.8. The fourth-order valence-electron chi connectivity index (χ4n) is 1.89. The molecule has 88 valence electrons. The third-order valence-corrected chi connectivity index (χ3v) is 3.01. The highest BCUT2D eigenvalue weighted by Crippen LogP contribution is 2.34. The Labute approximate surface area is 101 Å². The minimum Gasteiger partial charge on any atom is -0.385 e. The Morgan fingerprint density at radius 3 is 1.88 bits per heavy atom. The molecular weight excluding hydrogens is 212 g/mol. The van der Waals surface area contributed by atoms with Gasteiger partial charge >= 0.3 is 0 Å². The lowest BCUT2D eigenvalue weighted by Crippen LogP contribution is -2.29. The summed E-state index contributed by atoms with van der Waals surface area (Å²) in [5.41, 5.74) is 0.125. The van der Waals surface area contributed by atoms with Gasteiger partial charge in [-0.25, -0.2) is 0 Å². The average molecular weight is 228 g/mol. The molecule has 0 aliphatic rings. The maximum atomic E-state index is 10.5. The molecule has 0 aliphatic carbocycles. The quantitative estimate of drug-likeness (QED) is 0.847. The largest absolute Gasteiger partial charge is 0.385 e. The third kappa shape index (κ3) is 2.38. The first-order chi connectivity index (χ1) is 8.12. The van der Waals surface area contributed by atoms with Gasteiger partial charge in [-0.15, -0.1) is 0 Å². The normalized spacial score (nSPS) is 16.2. The molecule has 0 aliphatic heterocycles. The fourth-order valence-corrected chi connectivity index (χ4v) is 1.89. The van der Waals surface area contributed by atoms with Gasteiger partial charge in [0.05, 0.1) is 0 Å². The van der Waals surface area contributed by atoms with E-state index in [0.717, 1.165) is 0 Å².